The summed E-state index contributed by atoms with van der Waals surface area (Å²) in [7, 11) is 0. The Morgan fingerprint density at radius 2 is 1.74 bits per heavy atom. The number of carboxylic acids is 1. The van der Waals surface area contributed by atoms with Gasteiger partial charge in [0.05, 0.1) is 18.4 Å². The molecule has 0 aromatic heterocycles. The Hall–Kier alpha value is -2.73. The number of hydrogen-bond donors (Lipinski definition) is 1. The van der Waals surface area contributed by atoms with Gasteiger partial charge in [0.15, 0.2) is 0 Å². The van der Waals surface area contributed by atoms with E-state index < -0.39 is 5.97 Å². The third-order valence-corrected chi connectivity index (χ3v) is 5.23. The van der Waals surface area contributed by atoms with Gasteiger partial charge in [-0.2, -0.15) is 0 Å². The molecule has 0 spiro atoms. The maximum Gasteiger partial charge on any atom is 0.304 e. The second kappa shape index (κ2) is 9.28. The number of carbonyl (C=O) groups is 1. The van der Waals surface area contributed by atoms with E-state index in [4.69, 9.17) is 9.84 Å². The molecular formula is C24H26O3. The minimum Gasteiger partial charge on any atom is -0.490 e. The third kappa shape index (κ3) is 5.37. The predicted molar refractivity (Wildman–Crippen MR) is 107 cm³/mol. The van der Waals surface area contributed by atoms with Gasteiger partial charge in [0, 0.05) is 0 Å². The fourth-order valence-corrected chi connectivity index (χ4v) is 3.81. The monoisotopic (exact) mass is 362 g/mol. The normalized spacial score (nSPS) is 20.2. The lowest BCUT2D eigenvalue weighted by atomic mass is 9.83. The van der Waals surface area contributed by atoms with E-state index in [1.165, 1.54) is 5.56 Å². The predicted octanol–water partition coefficient (Wildman–Crippen LogP) is 5.37. The van der Waals surface area contributed by atoms with Crippen molar-refractivity contribution < 1.29 is 14.6 Å². The Morgan fingerprint density at radius 1 is 1.07 bits per heavy atom. The molecule has 3 rings (SSSR count). The van der Waals surface area contributed by atoms with Gasteiger partial charge in [-0.15, -0.1) is 5.92 Å². The van der Waals surface area contributed by atoms with Crippen LogP contribution in [0, 0.1) is 11.8 Å². The van der Waals surface area contributed by atoms with Crippen LogP contribution in [0.1, 0.15) is 62.0 Å². The summed E-state index contributed by atoms with van der Waals surface area (Å²) < 4.78 is 6.16. The molecule has 2 aromatic carbocycles. The van der Waals surface area contributed by atoms with Crippen molar-refractivity contribution in [2.24, 2.45) is 0 Å². The van der Waals surface area contributed by atoms with Crippen LogP contribution < -0.4 is 4.74 Å². The molecule has 2 aromatic rings. The molecule has 1 saturated carbocycles. The standard InChI is InChI=1S/C24H26O3/c1-2-6-21(17-24(25)26)20-11-15-23(16-12-20)27-22-13-9-19(10-14-22)18-7-4-3-5-8-18/h3-5,7-8,11-12,15-16,19,21-22H,9-10,13-14,17H2,1H3,(H,25,26)/t19?,21-,22?/m0/s1. The van der Waals surface area contributed by atoms with Crippen molar-refractivity contribution in [3.8, 4) is 17.6 Å². The van der Waals surface area contributed by atoms with Crippen molar-refractivity contribution in [1.29, 1.82) is 0 Å². The summed E-state index contributed by atoms with van der Waals surface area (Å²) in [6, 6.07) is 18.5. The molecule has 0 bridgehead atoms. The van der Waals surface area contributed by atoms with Gasteiger partial charge in [0.2, 0.25) is 0 Å². The zero-order chi connectivity index (χ0) is 19.1. The van der Waals surface area contributed by atoms with Gasteiger partial charge >= 0.3 is 5.97 Å². The van der Waals surface area contributed by atoms with Crippen LogP contribution in [0.5, 0.6) is 5.75 Å². The van der Waals surface area contributed by atoms with Crippen LogP contribution in [0.3, 0.4) is 0 Å². The van der Waals surface area contributed by atoms with E-state index in [9.17, 15) is 4.79 Å². The van der Waals surface area contributed by atoms with Crippen LogP contribution in [-0.2, 0) is 4.79 Å². The quantitative estimate of drug-likeness (QED) is 0.702. The van der Waals surface area contributed by atoms with Crippen molar-refractivity contribution in [2.75, 3.05) is 0 Å². The molecule has 0 heterocycles. The van der Waals surface area contributed by atoms with E-state index in [2.05, 4.69) is 42.2 Å². The number of rotatable bonds is 6. The molecule has 1 atom stereocenters. The molecule has 1 fully saturated rings. The van der Waals surface area contributed by atoms with Crippen molar-refractivity contribution in [1.82, 2.24) is 0 Å². The summed E-state index contributed by atoms with van der Waals surface area (Å²) in [5.41, 5.74) is 2.36. The van der Waals surface area contributed by atoms with Gasteiger partial charge < -0.3 is 9.84 Å². The Balaban J connectivity index is 1.56. The second-order valence-electron chi connectivity index (χ2n) is 7.12. The SMILES string of the molecule is CC#C[C@@H](CC(=O)O)c1ccc(OC2CCC(c3ccccc3)CC2)cc1. The molecule has 1 N–H and O–H groups in total. The number of ether oxygens (including phenoxy) is 1. The average molecular weight is 362 g/mol. The minimum atomic E-state index is -0.835. The largest absolute Gasteiger partial charge is 0.490 e. The Bertz CT molecular complexity index is 791. The summed E-state index contributed by atoms with van der Waals surface area (Å²) in [6.45, 7) is 1.73. The van der Waals surface area contributed by atoms with Crippen LogP contribution in [0.2, 0.25) is 0 Å². The molecule has 140 valence electrons. The van der Waals surface area contributed by atoms with E-state index >= 15 is 0 Å². The summed E-state index contributed by atoms with van der Waals surface area (Å²) >= 11 is 0. The fraction of sp³-hybridized carbons (Fsp3) is 0.375. The summed E-state index contributed by atoms with van der Waals surface area (Å²) in [6.07, 6.45) is 4.69. The molecule has 3 nitrogen and oxygen atoms in total. The van der Waals surface area contributed by atoms with Crippen LogP contribution in [0.15, 0.2) is 54.6 Å². The first-order chi connectivity index (χ1) is 13.2. The maximum absolute atomic E-state index is 11.0. The third-order valence-electron chi connectivity index (χ3n) is 5.23. The van der Waals surface area contributed by atoms with Crippen LogP contribution in [-0.4, -0.2) is 17.2 Å². The van der Waals surface area contributed by atoms with Gasteiger partial charge in [-0.1, -0.05) is 48.4 Å². The highest BCUT2D eigenvalue weighted by atomic mass is 16.5. The Kier molecular flexibility index (Phi) is 6.54. The summed E-state index contributed by atoms with van der Waals surface area (Å²) in [4.78, 5) is 11.0. The zero-order valence-electron chi connectivity index (χ0n) is 15.7. The number of aliphatic carboxylic acids is 1. The minimum absolute atomic E-state index is 0.0184. The van der Waals surface area contributed by atoms with Crippen LogP contribution >= 0.6 is 0 Å². The zero-order valence-corrected chi connectivity index (χ0v) is 15.7. The summed E-state index contributed by atoms with van der Waals surface area (Å²) in [5, 5.41) is 9.05. The van der Waals surface area contributed by atoms with Gasteiger partial charge in [-0.25, -0.2) is 0 Å². The molecule has 0 radical (unpaired) electrons. The Labute approximate surface area is 161 Å². The number of hydrogen-bond acceptors (Lipinski definition) is 2. The smallest absolute Gasteiger partial charge is 0.304 e. The van der Waals surface area contributed by atoms with Crippen LogP contribution in [0.4, 0.5) is 0 Å². The van der Waals surface area contributed by atoms with Crippen molar-refractivity contribution in [3.63, 3.8) is 0 Å². The van der Waals surface area contributed by atoms with E-state index in [0.29, 0.717) is 5.92 Å². The molecule has 1 aliphatic carbocycles. The highest BCUT2D eigenvalue weighted by molar-refractivity contribution is 5.69. The molecule has 0 saturated heterocycles. The van der Waals surface area contributed by atoms with Gasteiger partial charge in [0.25, 0.3) is 0 Å². The maximum atomic E-state index is 11.0. The Morgan fingerprint density at radius 3 is 2.33 bits per heavy atom. The fourth-order valence-electron chi connectivity index (χ4n) is 3.81. The average Bonchev–Trinajstić information content (AvgIpc) is 2.69. The molecule has 27 heavy (non-hydrogen) atoms. The number of carboxylic acid groups (broad SMARTS) is 1. The van der Waals surface area contributed by atoms with E-state index in [1.807, 2.05) is 24.3 Å². The highest BCUT2D eigenvalue weighted by Crippen LogP contribution is 2.34. The lowest BCUT2D eigenvalue weighted by molar-refractivity contribution is -0.137. The summed E-state index contributed by atoms with van der Waals surface area (Å²) in [5.74, 6) is 6.18. The van der Waals surface area contributed by atoms with E-state index in [0.717, 1.165) is 37.0 Å². The van der Waals surface area contributed by atoms with Crippen molar-refractivity contribution in [2.45, 2.75) is 57.0 Å². The molecule has 3 heteroatoms. The van der Waals surface area contributed by atoms with E-state index in [-0.39, 0.29) is 18.4 Å². The molecule has 1 aliphatic rings. The first-order valence-electron chi connectivity index (χ1n) is 9.61. The highest BCUT2D eigenvalue weighted by Gasteiger charge is 2.23. The van der Waals surface area contributed by atoms with Crippen LogP contribution in [0.25, 0.3) is 0 Å². The molecule has 0 aliphatic heterocycles. The number of benzene rings is 2. The van der Waals surface area contributed by atoms with E-state index in [1.54, 1.807) is 6.92 Å². The first-order valence-corrected chi connectivity index (χ1v) is 9.61. The van der Waals surface area contributed by atoms with Gasteiger partial charge in [0.1, 0.15) is 5.75 Å². The van der Waals surface area contributed by atoms with Crippen molar-refractivity contribution in [3.05, 3.63) is 65.7 Å². The molecule has 0 amide bonds. The van der Waals surface area contributed by atoms with Crippen molar-refractivity contribution >= 4 is 5.97 Å². The lowest BCUT2D eigenvalue weighted by Gasteiger charge is -2.29. The molecular weight excluding hydrogens is 336 g/mol. The second-order valence-corrected chi connectivity index (χ2v) is 7.12. The first kappa shape index (κ1) is 19.0. The topological polar surface area (TPSA) is 46.5 Å². The molecule has 0 unspecified atom stereocenters. The van der Waals surface area contributed by atoms with Gasteiger partial charge in [-0.05, 0) is 61.8 Å². The lowest BCUT2D eigenvalue weighted by Crippen LogP contribution is -2.23. The van der Waals surface area contributed by atoms with Gasteiger partial charge in [-0.3, -0.25) is 4.79 Å².